The van der Waals surface area contributed by atoms with Crippen LogP contribution in [0.2, 0.25) is 0 Å². The van der Waals surface area contributed by atoms with Crippen molar-refractivity contribution in [3.05, 3.63) is 12.7 Å². The van der Waals surface area contributed by atoms with E-state index < -0.39 is 4.33 Å². The minimum absolute atomic E-state index is 0.166. The SMILES string of the molecule is C=CC.ClCC(Cl)(Cl)CCl. The number of allylic oxidation sites excluding steroid dienone is 1. The summed E-state index contributed by atoms with van der Waals surface area (Å²) in [5.41, 5.74) is 0. The fourth-order valence-corrected chi connectivity index (χ4v) is 0.321. The van der Waals surface area contributed by atoms with Crippen LogP contribution < -0.4 is 0 Å². The molecule has 0 unspecified atom stereocenters. The van der Waals surface area contributed by atoms with Crippen molar-refractivity contribution >= 4 is 46.4 Å². The Labute approximate surface area is 82.1 Å². The third kappa shape index (κ3) is 11.7. The first-order valence-electron chi connectivity index (χ1n) is 2.61. The highest BCUT2D eigenvalue weighted by molar-refractivity contribution is 6.54. The standard InChI is InChI=1S/C3H4Cl4.C3H6/c4-1-3(6,7)2-5;1-3-2/h1-2H2;3H,1H2,2H3. The van der Waals surface area contributed by atoms with Gasteiger partial charge in [0.2, 0.25) is 0 Å². The zero-order valence-corrected chi connectivity index (χ0v) is 8.73. The van der Waals surface area contributed by atoms with Gasteiger partial charge < -0.3 is 0 Å². The molecule has 4 heteroatoms. The lowest BCUT2D eigenvalue weighted by Crippen LogP contribution is -2.16. The molecule has 0 aromatic carbocycles. The Kier molecular flexibility index (Phi) is 10.8. The number of hydrogen-bond acceptors (Lipinski definition) is 0. The monoisotopic (exact) mass is 222 g/mol. The lowest BCUT2D eigenvalue weighted by Gasteiger charge is -2.08. The first-order valence-corrected chi connectivity index (χ1v) is 4.43. The molecule has 0 aromatic rings. The van der Waals surface area contributed by atoms with E-state index in [1.54, 1.807) is 6.08 Å². The Morgan fingerprint density at radius 3 is 1.50 bits per heavy atom. The average Bonchev–Trinajstić information content (AvgIpc) is 1.90. The second-order valence-corrected chi connectivity index (χ2v) is 3.71. The highest BCUT2D eigenvalue weighted by Gasteiger charge is 2.19. The predicted molar refractivity (Wildman–Crippen MR) is 51.7 cm³/mol. The first-order chi connectivity index (χ1) is 4.54. The summed E-state index contributed by atoms with van der Waals surface area (Å²) in [7, 11) is 0. The molecule has 0 atom stereocenters. The molecule has 0 fully saturated rings. The van der Waals surface area contributed by atoms with E-state index in [1.165, 1.54) is 0 Å². The molecule has 0 bridgehead atoms. The van der Waals surface area contributed by atoms with Gasteiger partial charge in [-0.2, -0.15) is 0 Å². The maximum absolute atomic E-state index is 5.41. The molecule has 0 spiro atoms. The Morgan fingerprint density at radius 1 is 1.30 bits per heavy atom. The van der Waals surface area contributed by atoms with Gasteiger partial charge in [-0.15, -0.1) is 29.8 Å². The molecule has 10 heavy (non-hydrogen) atoms. The van der Waals surface area contributed by atoms with Crippen molar-refractivity contribution < 1.29 is 0 Å². The lowest BCUT2D eigenvalue weighted by molar-refractivity contribution is 1.01. The van der Waals surface area contributed by atoms with Crippen LogP contribution in [0.15, 0.2) is 12.7 Å². The topological polar surface area (TPSA) is 0 Å². The smallest absolute Gasteiger partial charge is 0.123 e. The van der Waals surface area contributed by atoms with Gasteiger partial charge in [0.25, 0.3) is 0 Å². The van der Waals surface area contributed by atoms with Gasteiger partial charge in [-0.25, -0.2) is 0 Å². The van der Waals surface area contributed by atoms with Crippen LogP contribution in [-0.2, 0) is 0 Å². The molecule has 0 saturated heterocycles. The summed E-state index contributed by atoms with van der Waals surface area (Å²) in [6.07, 6.45) is 1.75. The maximum Gasteiger partial charge on any atom is 0.145 e. The molecular weight excluding hydrogens is 214 g/mol. The summed E-state index contributed by atoms with van der Waals surface area (Å²) >= 11 is 21.3. The molecule has 0 aliphatic heterocycles. The molecular formula is C6H10Cl4. The van der Waals surface area contributed by atoms with Gasteiger partial charge in [-0.05, 0) is 6.92 Å². The van der Waals surface area contributed by atoms with Crippen LogP contribution >= 0.6 is 46.4 Å². The Hall–Kier alpha value is 0.900. The zero-order valence-electron chi connectivity index (χ0n) is 5.71. The molecule has 0 amide bonds. The van der Waals surface area contributed by atoms with E-state index in [0.29, 0.717) is 0 Å². The molecule has 0 rings (SSSR count). The predicted octanol–water partition coefficient (Wildman–Crippen LogP) is 3.83. The fraction of sp³-hybridized carbons (Fsp3) is 0.667. The molecule has 0 aliphatic rings. The van der Waals surface area contributed by atoms with Crippen LogP contribution in [0.1, 0.15) is 6.92 Å². The Balaban J connectivity index is 0. The van der Waals surface area contributed by atoms with Crippen LogP contribution in [0.5, 0.6) is 0 Å². The largest absolute Gasteiger partial charge is 0.145 e. The van der Waals surface area contributed by atoms with E-state index in [1.807, 2.05) is 6.92 Å². The van der Waals surface area contributed by atoms with E-state index in [0.717, 1.165) is 0 Å². The number of rotatable bonds is 2. The Morgan fingerprint density at radius 2 is 1.50 bits per heavy atom. The summed E-state index contributed by atoms with van der Waals surface area (Å²) in [4.78, 5) is 0. The van der Waals surface area contributed by atoms with Gasteiger partial charge in [0.1, 0.15) is 4.33 Å². The molecule has 0 heterocycles. The van der Waals surface area contributed by atoms with Gasteiger partial charge in [-0.3, -0.25) is 0 Å². The number of hydrogen-bond donors (Lipinski definition) is 0. The molecule has 0 saturated carbocycles. The molecule has 0 radical (unpaired) electrons. The summed E-state index contributed by atoms with van der Waals surface area (Å²) in [5.74, 6) is 0.333. The minimum Gasteiger partial charge on any atom is -0.123 e. The summed E-state index contributed by atoms with van der Waals surface area (Å²) in [5, 5.41) is 0. The Bertz CT molecular complexity index is 73.8. The van der Waals surface area contributed by atoms with Crippen molar-refractivity contribution in [1.82, 2.24) is 0 Å². The van der Waals surface area contributed by atoms with E-state index in [-0.39, 0.29) is 11.8 Å². The van der Waals surface area contributed by atoms with Crippen molar-refractivity contribution in [3.8, 4) is 0 Å². The molecule has 0 nitrogen and oxygen atoms in total. The molecule has 62 valence electrons. The fourth-order valence-electron chi connectivity index (χ4n) is 0.0357. The van der Waals surface area contributed by atoms with E-state index in [2.05, 4.69) is 6.58 Å². The zero-order chi connectivity index (χ0) is 8.62. The van der Waals surface area contributed by atoms with Gasteiger partial charge in [0, 0.05) is 0 Å². The van der Waals surface area contributed by atoms with Gasteiger partial charge in [-0.1, -0.05) is 29.3 Å². The van der Waals surface area contributed by atoms with Crippen molar-refractivity contribution in [2.75, 3.05) is 11.8 Å². The maximum atomic E-state index is 5.41. The molecule has 0 aliphatic carbocycles. The highest BCUT2D eigenvalue weighted by Crippen LogP contribution is 2.23. The molecule has 0 N–H and O–H groups in total. The van der Waals surface area contributed by atoms with Crippen molar-refractivity contribution in [1.29, 1.82) is 0 Å². The second-order valence-electron chi connectivity index (χ2n) is 1.53. The van der Waals surface area contributed by atoms with Gasteiger partial charge >= 0.3 is 0 Å². The van der Waals surface area contributed by atoms with Gasteiger partial charge in [0.05, 0.1) is 11.8 Å². The van der Waals surface area contributed by atoms with Crippen molar-refractivity contribution in [3.63, 3.8) is 0 Å². The van der Waals surface area contributed by atoms with Crippen LogP contribution in [0.3, 0.4) is 0 Å². The summed E-state index contributed by atoms with van der Waals surface area (Å²) < 4.78 is -0.941. The van der Waals surface area contributed by atoms with Crippen molar-refractivity contribution in [2.45, 2.75) is 11.3 Å². The highest BCUT2D eigenvalue weighted by atomic mass is 35.5. The molecule has 0 aromatic heterocycles. The second kappa shape index (κ2) is 8.00. The summed E-state index contributed by atoms with van der Waals surface area (Å²) in [6, 6.07) is 0. The first kappa shape index (κ1) is 13.5. The number of alkyl halides is 4. The number of halogens is 4. The third-order valence-corrected chi connectivity index (χ3v) is 2.39. The van der Waals surface area contributed by atoms with E-state index >= 15 is 0 Å². The normalized spacial score (nSPS) is 9.70. The third-order valence-electron chi connectivity index (χ3n) is 0.391. The quantitative estimate of drug-likeness (QED) is 0.493. The van der Waals surface area contributed by atoms with Crippen molar-refractivity contribution in [2.24, 2.45) is 0 Å². The van der Waals surface area contributed by atoms with Gasteiger partial charge in [0.15, 0.2) is 0 Å². The van der Waals surface area contributed by atoms with E-state index in [9.17, 15) is 0 Å². The average molecular weight is 224 g/mol. The van der Waals surface area contributed by atoms with Crippen LogP contribution in [0.25, 0.3) is 0 Å². The van der Waals surface area contributed by atoms with E-state index in [4.69, 9.17) is 46.4 Å². The minimum atomic E-state index is -0.941. The lowest BCUT2D eigenvalue weighted by atomic mass is 10.5. The van der Waals surface area contributed by atoms with Crippen LogP contribution in [-0.4, -0.2) is 16.1 Å². The van der Waals surface area contributed by atoms with Crippen LogP contribution in [0, 0.1) is 0 Å². The van der Waals surface area contributed by atoms with Crippen LogP contribution in [0.4, 0.5) is 0 Å². The summed E-state index contributed by atoms with van der Waals surface area (Å²) in [6.45, 7) is 5.25.